The molecule has 1 aromatic rings. The van der Waals surface area contributed by atoms with Crippen LogP contribution in [-0.4, -0.2) is 39.7 Å². The summed E-state index contributed by atoms with van der Waals surface area (Å²) in [6, 6.07) is 0.285. The van der Waals surface area contributed by atoms with Crippen LogP contribution in [0.1, 0.15) is 55.8 Å². The van der Waals surface area contributed by atoms with Gasteiger partial charge >= 0.3 is 6.01 Å². The first kappa shape index (κ1) is 15.8. The van der Waals surface area contributed by atoms with Crippen LogP contribution in [0.25, 0.3) is 0 Å². The molecule has 1 heterocycles. The van der Waals surface area contributed by atoms with Crippen molar-refractivity contribution in [3.05, 3.63) is 18.0 Å². The topological polar surface area (TPSA) is 84.3 Å². The summed E-state index contributed by atoms with van der Waals surface area (Å²) in [5.74, 6) is 1.06. The second-order valence-electron chi connectivity index (χ2n) is 8.20. The highest BCUT2D eigenvalue weighted by Crippen LogP contribution is 2.62. The maximum absolute atomic E-state index is 12.5. The molecular formula is C18H25N3O3. The molecule has 0 radical (unpaired) electrons. The van der Waals surface area contributed by atoms with Gasteiger partial charge in [0, 0.05) is 18.4 Å². The minimum absolute atomic E-state index is 0.0296. The fraction of sp³-hybridized carbons (Fsp3) is 0.722. The molecule has 6 nitrogen and oxygen atoms in total. The molecular weight excluding hydrogens is 306 g/mol. The van der Waals surface area contributed by atoms with E-state index in [9.17, 15) is 9.90 Å². The van der Waals surface area contributed by atoms with Crippen LogP contribution in [0.2, 0.25) is 0 Å². The third-order valence-electron chi connectivity index (χ3n) is 6.41. The predicted octanol–water partition coefficient (Wildman–Crippen LogP) is 1.93. The maximum Gasteiger partial charge on any atom is 0.316 e. The van der Waals surface area contributed by atoms with E-state index in [4.69, 9.17) is 4.74 Å². The van der Waals surface area contributed by atoms with Crippen LogP contribution in [0.5, 0.6) is 6.01 Å². The van der Waals surface area contributed by atoms with Crippen molar-refractivity contribution in [3.63, 3.8) is 0 Å². The lowest BCUT2D eigenvalue weighted by Gasteiger charge is -2.62. The Bertz CT molecular complexity index is 631. The Kier molecular flexibility index (Phi) is 3.56. The van der Waals surface area contributed by atoms with Gasteiger partial charge < -0.3 is 15.2 Å². The van der Waals surface area contributed by atoms with Crippen LogP contribution >= 0.6 is 0 Å². The van der Waals surface area contributed by atoms with Crippen LogP contribution in [0, 0.1) is 17.3 Å². The summed E-state index contributed by atoms with van der Waals surface area (Å²) in [6.45, 7) is 2.08. The molecule has 4 aliphatic rings. The van der Waals surface area contributed by atoms with Gasteiger partial charge in [0.1, 0.15) is 0 Å². The predicted molar refractivity (Wildman–Crippen MR) is 87.6 cm³/mol. The molecule has 1 aromatic heterocycles. The van der Waals surface area contributed by atoms with Gasteiger partial charge in [-0.25, -0.2) is 9.97 Å². The average Bonchev–Trinajstić information content (AvgIpc) is 2.52. The quantitative estimate of drug-likeness (QED) is 0.881. The second kappa shape index (κ2) is 5.41. The van der Waals surface area contributed by atoms with Crippen molar-refractivity contribution in [1.29, 1.82) is 0 Å². The van der Waals surface area contributed by atoms with Gasteiger partial charge in [0.25, 0.3) is 5.91 Å². The van der Waals surface area contributed by atoms with E-state index in [1.54, 1.807) is 0 Å². The normalized spacial score (nSPS) is 38.0. The minimum atomic E-state index is -0.508. The Labute approximate surface area is 142 Å². The van der Waals surface area contributed by atoms with Crippen molar-refractivity contribution in [2.45, 2.75) is 57.1 Å². The minimum Gasteiger partial charge on any atom is -0.467 e. The standard InChI is InChI=1S/C18H25N3O3/c1-11(21-15(22)14-8-19-16(24-2)20-9-14)17-4-12-3-13(5-17)7-18(23,6-12)10-17/h8-9,11-13,23H,3-7,10H2,1-2H3,(H,21,22)/t11-,12-,13-,17?,18?/m1/s1. The first-order chi connectivity index (χ1) is 11.4. The molecule has 3 atom stereocenters. The number of ether oxygens (including phenoxy) is 1. The van der Waals surface area contributed by atoms with Crippen LogP contribution in [0.4, 0.5) is 0 Å². The van der Waals surface area contributed by atoms with Gasteiger partial charge in [-0.15, -0.1) is 0 Å². The van der Waals surface area contributed by atoms with E-state index in [-0.39, 0.29) is 23.4 Å². The number of amides is 1. The molecule has 0 aromatic carbocycles. The summed E-state index contributed by atoms with van der Waals surface area (Å²) < 4.78 is 4.92. The molecule has 0 aliphatic heterocycles. The molecule has 4 aliphatic carbocycles. The molecule has 1 amide bonds. The molecule has 6 heteroatoms. The molecule has 0 spiro atoms. The highest BCUT2D eigenvalue weighted by atomic mass is 16.5. The number of aliphatic hydroxyl groups is 1. The number of carbonyl (C=O) groups excluding carboxylic acids is 1. The Morgan fingerprint density at radius 2 is 1.92 bits per heavy atom. The van der Waals surface area contributed by atoms with Crippen LogP contribution in [-0.2, 0) is 0 Å². The van der Waals surface area contributed by atoms with Gasteiger partial charge in [0.05, 0.1) is 18.3 Å². The molecule has 2 N–H and O–H groups in total. The molecule has 4 fully saturated rings. The molecule has 0 unspecified atom stereocenters. The summed E-state index contributed by atoms with van der Waals surface area (Å²) in [6.07, 6.45) is 9.15. The summed E-state index contributed by atoms with van der Waals surface area (Å²) in [4.78, 5) is 20.5. The number of nitrogens with zero attached hydrogens (tertiary/aromatic N) is 2. The Morgan fingerprint density at radius 1 is 1.29 bits per heavy atom. The third-order valence-corrected chi connectivity index (χ3v) is 6.41. The molecule has 24 heavy (non-hydrogen) atoms. The highest BCUT2D eigenvalue weighted by Gasteiger charge is 2.59. The van der Waals surface area contributed by atoms with Gasteiger partial charge in [0.2, 0.25) is 0 Å². The number of methoxy groups -OCH3 is 1. The summed E-state index contributed by atoms with van der Waals surface area (Å²) in [5, 5.41) is 14.0. The van der Waals surface area contributed by atoms with Gasteiger partial charge in [0.15, 0.2) is 0 Å². The van der Waals surface area contributed by atoms with Crippen LogP contribution in [0.3, 0.4) is 0 Å². The fourth-order valence-electron chi connectivity index (χ4n) is 5.76. The van der Waals surface area contributed by atoms with E-state index >= 15 is 0 Å². The summed E-state index contributed by atoms with van der Waals surface area (Å²) in [7, 11) is 1.49. The van der Waals surface area contributed by atoms with Crippen molar-refractivity contribution in [2.24, 2.45) is 17.3 Å². The lowest BCUT2D eigenvalue weighted by molar-refractivity contribution is -0.171. The SMILES string of the molecule is COc1ncc(C(=O)N[C@H](C)C23C[C@H]4C[C@@H](CC(O)(C4)C2)C3)cn1. The van der Waals surface area contributed by atoms with Crippen molar-refractivity contribution < 1.29 is 14.6 Å². The van der Waals surface area contributed by atoms with Gasteiger partial charge in [-0.3, -0.25) is 4.79 Å². The Morgan fingerprint density at radius 3 is 2.46 bits per heavy atom. The van der Waals surface area contributed by atoms with E-state index in [0.29, 0.717) is 17.4 Å². The number of carbonyl (C=O) groups is 1. The van der Waals surface area contributed by atoms with E-state index in [2.05, 4.69) is 22.2 Å². The van der Waals surface area contributed by atoms with Crippen molar-refractivity contribution in [2.75, 3.05) is 7.11 Å². The number of hydrogen-bond acceptors (Lipinski definition) is 5. The smallest absolute Gasteiger partial charge is 0.316 e. The molecule has 4 bridgehead atoms. The zero-order valence-corrected chi connectivity index (χ0v) is 14.3. The van der Waals surface area contributed by atoms with E-state index in [0.717, 1.165) is 32.1 Å². The Hall–Kier alpha value is -1.69. The van der Waals surface area contributed by atoms with Gasteiger partial charge in [-0.05, 0) is 62.7 Å². The maximum atomic E-state index is 12.5. The van der Waals surface area contributed by atoms with Gasteiger partial charge in [-0.2, -0.15) is 0 Å². The van der Waals surface area contributed by atoms with Crippen molar-refractivity contribution in [1.82, 2.24) is 15.3 Å². The van der Waals surface area contributed by atoms with Crippen LogP contribution in [0.15, 0.2) is 12.4 Å². The number of rotatable bonds is 4. The first-order valence-electron chi connectivity index (χ1n) is 8.81. The van der Waals surface area contributed by atoms with Crippen LogP contribution < -0.4 is 10.1 Å². The molecule has 130 valence electrons. The zero-order chi connectivity index (χ0) is 16.9. The highest BCUT2D eigenvalue weighted by molar-refractivity contribution is 5.93. The van der Waals surface area contributed by atoms with Gasteiger partial charge in [-0.1, -0.05) is 0 Å². The average molecular weight is 331 g/mol. The lowest BCUT2D eigenvalue weighted by Crippen LogP contribution is -2.61. The molecule has 4 saturated carbocycles. The number of aromatic nitrogens is 2. The number of hydrogen-bond donors (Lipinski definition) is 2. The van der Waals surface area contributed by atoms with E-state index in [1.165, 1.54) is 25.9 Å². The lowest BCUT2D eigenvalue weighted by atomic mass is 9.46. The first-order valence-corrected chi connectivity index (χ1v) is 8.81. The number of nitrogens with one attached hydrogen (secondary N) is 1. The van der Waals surface area contributed by atoms with E-state index in [1.807, 2.05) is 0 Å². The summed E-state index contributed by atoms with van der Waals surface area (Å²) >= 11 is 0. The fourth-order valence-corrected chi connectivity index (χ4v) is 5.76. The van der Waals surface area contributed by atoms with Crippen molar-refractivity contribution >= 4 is 5.91 Å². The largest absolute Gasteiger partial charge is 0.467 e. The molecule has 0 saturated heterocycles. The zero-order valence-electron chi connectivity index (χ0n) is 14.3. The molecule has 5 rings (SSSR count). The monoisotopic (exact) mass is 331 g/mol. The second-order valence-corrected chi connectivity index (χ2v) is 8.20. The van der Waals surface area contributed by atoms with E-state index < -0.39 is 5.60 Å². The Balaban J connectivity index is 1.49. The van der Waals surface area contributed by atoms with Crippen molar-refractivity contribution in [3.8, 4) is 6.01 Å². The summed E-state index contributed by atoms with van der Waals surface area (Å²) in [5.41, 5.74) is -0.0419. The third kappa shape index (κ3) is 2.57.